The Bertz CT molecular complexity index is 1120. The number of nitrogens with zero attached hydrogens (tertiary/aromatic N) is 5. The number of benzene rings is 2. The van der Waals surface area contributed by atoms with E-state index in [1.165, 1.54) is 23.1 Å². The van der Waals surface area contributed by atoms with Crippen LogP contribution in [0.1, 0.15) is 17.5 Å². The summed E-state index contributed by atoms with van der Waals surface area (Å²) >= 11 is 2.78. The number of carbonyl (C=O) groups is 1. The molecule has 1 aliphatic heterocycles. The third-order valence-electron chi connectivity index (χ3n) is 4.54. The van der Waals surface area contributed by atoms with Gasteiger partial charge in [-0.3, -0.25) is 9.69 Å². The summed E-state index contributed by atoms with van der Waals surface area (Å²) in [4.78, 5) is 17.5. The minimum absolute atomic E-state index is 0.111. The Morgan fingerprint density at radius 3 is 2.48 bits per heavy atom. The van der Waals surface area contributed by atoms with Crippen molar-refractivity contribution >= 4 is 56.8 Å². The fourth-order valence-corrected chi connectivity index (χ4v) is 4.47. The third-order valence-corrected chi connectivity index (χ3v) is 6.49. The summed E-state index contributed by atoms with van der Waals surface area (Å²) in [6.07, 6.45) is 2.71. The topological polar surface area (TPSA) is 73.7 Å². The number of hydrogen-bond donors (Lipinski definition) is 1. The molecule has 7 nitrogen and oxygen atoms in total. The molecular formula is C22H22N6OS2. The van der Waals surface area contributed by atoms with Crippen LogP contribution < -0.4 is 15.2 Å². The van der Waals surface area contributed by atoms with Gasteiger partial charge in [-0.05, 0) is 54.1 Å². The van der Waals surface area contributed by atoms with E-state index in [4.69, 9.17) is 0 Å². The molecule has 1 saturated heterocycles. The molecule has 2 aromatic carbocycles. The van der Waals surface area contributed by atoms with Gasteiger partial charge in [0.25, 0.3) is 5.91 Å². The Morgan fingerprint density at radius 1 is 1.10 bits per heavy atom. The first kappa shape index (κ1) is 21.1. The van der Waals surface area contributed by atoms with Gasteiger partial charge < -0.3 is 4.90 Å². The quantitative estimate of drug-likeness (QED) is 0.435. The lowest BCUT2D eigenvalue weighted by Crippen LogP contribution is -2.29. The number of hydrazone groups is 1. The molecule has 0 bridgehead atoms. The number of thioether (sulfide) groups is 1. The number of para-hydroxylation sites is 1. The standard InChI is InChI=1S/C22H22N6OS2/c1-4-19-23-24-21(31-19)25-26-22-28(17-8-6-5-7-9-17)20(29)18(30-22)14-15-10-12-16(13-11-15)27(2)3/h5-14H,4H2,1-3H3,(H,24,25)/b18-14+,26-22+. The van der Waals surface area contributed by atoms with E-state index in [-0.39, 0.29) is 5.91 Å². The number of rotatable bonds is 6. The number of carbonyl (C=O) groups excluding carboxylic acids is 1. The second kappa shape index (κ2) is 9.32. The molecule has 0 aliphatic carbocycles. The predicted octanol–water partition coefficient (Wildman–Crippen LogP) is 4.67. The monoisotopic (exact) mass is 450 g/mol. The van der Waals surface area contributed by atoms with Gasteiger partial charge in [0.1, 0.15) is 5.01 Å². The van der Waals surface area contributed by atoms with Crippen LogP contribution in [0.2, 0.25) is 0 Å². The molecule has 0 saturated carbocycles. The second-order valence-electron chi connectivity index (χ2n) is 6.93. The van der Waals surface area contributed by atoms with Gasteiger partial charge in [-0.15, -0.1) is 15.3 Å². The number of amides is 1. The van der Waals surface area contributed by atoms with Crippen LogP contribution >= 0.6 is 23.1 Å². The zero-order valence-corrected chi connectivity index (χ0v) is 19.1. The molecule has 3 aromatic rings. The summed E-state index contributed by atoms with van der Waals surface area (Å²) in [6, 6.07) is 17.6. The Kier molecular flexibility index (Phi) is 6.34. The highest BCUT2D eigenvalue weighted by atomic mass is 32.2. The van der Waals surface area contributed by atoms with Crippen molar-refractivity contribution in [2.75, 3.05) is 29.3 Å². The number of hydrogen-bond acceptors (Lipinski definition) is 8. The molecule has 0 atom stereocenters. The first-order valence-electron chi connectivity index (χ1n) is 9.77. The van der Waals surface area contributed by atoms with Crippen LogP contribution in [0, 0.1) is 0 Å². The molecule has 0 spiro atoms. The largest absolute Gasteiger partial charge is 0.378 e. The molecule has 0 radical (unpaired) electrons. The molecule has 1 aliphatic rings. The molecule has 1 aromatic heterocycles. The molecule has 9 heteroatoms. The number of aromatic nitrogens is 2. The van der Waals surface area contributed by atoms with Crippen molar-refractivity contribution in [2.45, 2.75) is 13.3 Å². The predicted molar refractivity (Wildman–Crippen MR) is 131 cm³/mol. The van der Waals surface area contributed by atoms with Gasteiger partial charge in [0, 0.05) is 19.8 Å². The summed E-state index contributed by atoms with van der Waals surface area (Å²) in [5.74, 6) is -0.111. The summed E-state index contributed by atoms with van der Waals surface area (Å²) in [7, 11) is 4.00. The minimum Gasteiger partial charge on any atom is -0.378 e. The van der Waals surface area contributed by atoms with Gasteiger partial charge in [-0.25, -0.2) is 5.43 Å². The Balaban J connectivity index is 1.64. The van der Waals surface area contributed by atoms with Gasteiger partial charge in [0.05, 0.1) is 10.6 Å². The van der Waals surface area contributed by atoms with Crippen molar-refractivity contribution in [1.29, 1.82) is 0 Å². The van der Waals surface area contributed by atoms with Crippen molar-refractivity contribution < 1.29 is 4.79 Å². The van der Waals surface area contributed by atoms with Crippen LogP contribution in [0.3, 0.4) is 0 Å². The fraction of sp³-hybridized carbons (Fsp3) is 0.182. The molecule has 1 amide bonds. The smallest absolute Gasteiger partial charge is 0.271 e. The number of aryl methyl sites for hydroxylation is 1. The molecule has 2 heterocycles. The Hall–Kier alpha value is -3.17. The van der Waals surface area contributed by atoms with E-state index in [1.807, 2.05) is 86.6 Å². The fourth-order valence-electron chi connectivity index (χ4n) is 2.91. The van der Waals surface area contributed by atoms with E-state index >= 15 is 0 Å². The maximum atomic E-state index is 13.3. The first-order valence-corrected chi connectivity index (χ1v) is 11.4. The summed E-state index contributed by atoms with van der Waals surface area (Å²) in [5, 5.41) is 14.7. The molecule has 31 heavy (non-hydrogen) atoms. The Morgan fingerprint density at radius 2 is 1.84 bits per heavy atom. The van der Waals surface area contributed by atoms with Crippen molar-refractivity contribution in [3.63, 3.8) is 0 Å². The lowest BCUT2D eigenvalue weighted by atomic mass is 10.2. The lowest BCUT2D eigenvalue weighted by molar-refractivity contribution is -0.113. The van der Waals surface area contributed by atoms with Crippen LogP contribution in [0.5, 0.6) is 0 Å². The van der Waals surface area contributed by atoms with Crippen LogP contribution in [-0.4, -0.2) is 35.4 Å². The average Bonchev–Trinajstić information content (AvgIpc) is 3.37. The van der Waals surface area contributed by atoms with Crippen LogP contribution in [0.15, 0.2) is 64.6 Å². The summed E-state index contributed by atoms with van der Waals surface area (Å²) in [5.41, 5.74) is 5.78. The van der Waals surface area contributed by atoms with E-state index in [1.54, 1.807) is 4.90 Å². The van der Waals surface area contributed by atoms with Gasteiger partial charge >= 0.3 is 0 Å². The molecule has 0 unspecified atom stereocenters. The summed E-state index contributed by atoms with van der Waals surface area (Å²) < 4.78 is 0. The van der Waals surface area contributed by atoms with E-state index in [2.05, 4.69) is 20.7 Å². The van der Waals surface area contributed by atoms with Crippen molar-refractivity contribution in [2.24, 2.45) is 5.10 Å². The normalized spacial score (nSPS) is 16.4. The van der Waals surface area contributed by atoms with Crippen molar-refractivity contribution in [1.82, 2.24) is 10.2 Å². The van der Waals surface area contributed by atoms with Crippen LogP contribution in [-0.2, 0) is 11.2 Å². The molecule has 1 N–H and O–H groups in total. The van der Waals surface area contributed by atoms with E-state index in [0.29, 0.717) is 15.2 Å². The van der Waals surface area contributed by atoms with Gasteiger partial charge in [-0.1, -0.05) is 48.6 Å². The van der Waals surface area contributed by atoms with E-state index in [9.17, 15) is 4.79 Å². The third kappa shape index (κ3) is 4.78. The lowest BCUT2D eigenvalue weighted by Gasteiger charge is -2.15. The molecule has 4 rings (SSSR count). The van der Waals surface area contributed by atoms with E-state index < -0.39 is 0 Å². The van der Waals surface area contributed by atoms with Gasteiger partial charge in [-0.2, -0.15) is 0 Å². The van der Waals surface area contributed by atoms with Crippen molar-refractivity contribution in [3.05, 3.63) is 70.1 Å². The van der Waals surface area contributed by atoms with Gasteiger partial charge in [0.2, 0.25) is 5.13 Å². The minimum atomic E-state index is -0.111. The highest BCUT2D eigenvalue weighted by Gasteiger charge is 2.35. The number of anilines is 3. The van der Waals surface area contributed by atoms with Crippen LogP contribution in [0.4, 0.5) is 16.5 Å². The number of nitrogens with one attached hydrogen (secondary N) is 1. The summed E-state index contributed by atoms with van der Waals surface area (Å²) in [6.45, 7) is 2.03. The highest BCUT2D eigenvalue weighted by Crippen LogP contribution is 2.36. The molecule has 158 valence electrons. The zero-order valence-electron chi connectivity index (χ0n) is 17.4. The van der Waals surface area contributed by atoms with Crippen LogP contribution in [0.25, 0.3) is 6.08 Å². The Labute approximate surface area is 189 Å². The molecular weight excluding hydrogens is 428 g/mol. The molecule has 1 fully saturated rings. The van der Waals surface area contributed by atoms with Crippen molar-refractivity contribution in [3.8, 4) is 0 Å². The second-order valence-corrected chi connectivity index (χ2v) is 9.00. The maximum absolute atomic E-state index is 13.3. The first-order chi connectivity index (χ1) is 15.0. The highest BCUT2D eigenvalue weighted by molar-refractivity contribution is 8.19. The maximum Gasteiger partial charge on any atom is 0.271 e. The zero-order chi connectivity index (χ0) is 21.8. The van der Waals surface area contributed by atoms with Gasteiger partial charge in [0.15, 0.2) is 5.17 Å². The SMILES string of the molecule is CCc1nnc(N/N=C2/S/C(=C/c3ccc(N(C)C)cc3)C(=O)N2c2ccccc2)s1. The number of amidine groups is 1. The average molecular weight is 451 g/mol. The van der Waals surface area contributed by atoms with E-state index in [0.717, 1.165) is 28.4 Å².